The van der Waals surface area contributed by atoms with Gasteiger partial charge in [0.05, 0.1) is 4.92 Å². The minimum atomic E-state index is -0.364. The van der Waals surface area contributed by atoms with Gasteiger partial charge in [-0.1, -0.05) is 33.6 Å². The summed E-state index contributed by atoms with van der Waals surface area (Å²) >= 11 is 3.24. The molecular formula is C14H13BrN2O2. The molecule has 0 atom stereocenters. The molecular weight excluding hydrogens is 308 g/mol. The summed E-state index contributed by atoms with van der Waals surface area (Å²) in [7, 11) is 0. The number of nitrogens with one attached hydrogen (secondary N) is 1. The van der Waals surface area contributed by atoms with Crippen LogP contribution in [-0.4, -0.2) is 4.92 Å². The predicted molar refractivity (Wildman–Crippen MR) is 79.3 cm³/mol. The van der Waals surface area contributed by atoms with Gasteiger partial charge in [-0.05, 0) is 31.2 Å². The zero-order chi connectivity index (χ0) is 13.8. The minimum absolute atomic E-state index is 0.119. The van der Waals surface area contributed by atoms with Crippen molar-refractivity contribution in [1.82, 2.24) is 0 Å². The lowest BCUT2D eigenvalue weighted by atomic mass is 10.1. The molecule has 4 nitrogen and oxygen atoms in total. The first-order valence-electron chi connectivity index (χ1n) is 5.79. The fraction of sp³-hybridized carbons (Fsp3) is 0.143. The molecule has 5 heteroatoms. The van der Waals surface area contributed by atoms with Crippen LogP contribution in [0.4, 0.5) is 11.4 Å². The van der Waals surface area contributed by atoms with E-state index >= 15 is 0 Å². The fourth-order valence-electron chi connectivity index (χ4n) is 1.73. The molecule has 0 aromatic heterocycles. The number of benzene rings is 2. The van der Waals surface area contributed by atoms with Crippen molar-refractivity contribution in [2.75, 3.05) is 5.32 Å². The molecule has 0 aliphatic heterocycles. The molecule has 0 unspecified atom stereocenters. The molecule has 0 radical (unpaired) electrons. The van der Waals surface area contributed by atoms with E-state index in [0.29, 0.717) is 16.6 Å². The molecule has 0 bridgehead atoms. The summed E-state index contributed by atoms with van der Waals surface area (Å²) in [5, 5.41) is 14.2. The van der Waals surface area contributed by atoms with Crippen LogP contribution < -0.4 is 5.32 Å². The van der Waals surface area contributed by atoms with E-state index in [2.05, 4.69) is 21.2 Å². The lowest BCUT2D eigenvalue weighted by molar-refractivity contribution is -0.385. The van der Waals surface area contributed by atoms with Gasteiger partial charge >= 0.3 is 0 Å². The Morgan fingerprint density at radius 3 is 2.53 bits per heavy atom. The van der Waals surface area contributed by atoms with Crippen LogP contribution >= 0.6 is 15.9 Å². The van der Waals surface area contributed by atoms with Crippen LogP contribution in [0.15, 0.2) is 46.9 Å². The van der Waals surface area contributed by atoms with Crippen LogP contribution in [0.5, 0.6) is 0 Å². The van der Waals surface area contributed by atoms with Crippen LogP contribution in [0.3, 0.4) is 0 Å². The molecule has 2 aromatic rings. The molecule has 2 rings (SSSR count). The quantitative estimate of drug-likeness (QED) is 0.675. The number of nitrogens with zero attached hydrogens (tertiary/aromatic N) is 1. The van der Waals surface area contributed by atoms with Crippen LogP contribution in [0.2, 0.25) is 0 Å². The SMILES string of the molecule is Cc1ccc(NCc2ccc(Br)cc2[N+](=O)[O-])cc1. The molecule has 0 saturated heterocycles. The van der Waals surface area contributed by atoms with Crippen LogP contribution in [0.1, 0.15) is 11.1 Å². The van der Waals surface area contributed by atoms with Gasteiger partial charge in [0.25, 0.3) is 5.69 Å². The zero-order valence-corrected chi connectivity index (χ0v) is 12.0. The van der Waals surface area contributed by atoms with Crippen molar-refractivity contribution in [3.05, 3.63) is 68.2 Å². The third-order valence-corrected chi connectivity index (χ3v) is 3.27. The van der Waals surface area contributed by atoms with Crippen molar-refractivity contribution in [3.8, 4) is 0 Å². The number of hydrogen-bond acceptors (Lipinski definition) is 3. The van der Waals surface area contributed by atoms with Crippen molar-refractivity contribution in [1.29, 1.82) is 0 Å². The summed E-state index contributed by atoms with van der Waals surface area (Å²) in [6.45, 7) is 2.44. The van der Waals surface area contributed by atoms with Gasteiger partial charge in [0, 0.05) is 28.3 Å². The molecule has 98 valence electrons. The summed E-state index contributed by atoms with van der Waals surface area (Å²) < 4.78 is 0.707. The Kier molecular flexibility index (Phi) is 4.16. The van der Waals surface area contributed by atoms with Gasteiger partial charge in [0.2, 0.25) is 0 Å². The van der Waals surface area contributed by atoms with E-state index in [1.54, 1.807) is 12.1 Å². The van der Waals surface area contributed by atoms with Gasteiger partial charge in [-0.2, -0.15) is 0 Å². The van der Waals surface area contributed by atoms with E-state index < -0.39 is 0 Å². The number of rotatable bonds is 4. The third kappa shape index (κ3) is 3.54. The summed E-state index contributed by atoms with van der Waals surface area (Å²) in [6, 6.07) is 13.0. The van der Waals surface area contributed by atoms with E-state index in [0.717, 1.165) is 5.69 Å². The summed E-state index contributed by atoms with van der Waals surface area (Å²) in [4.78, 5) is 10.6. The van der Waals surface area contributed by atoms with E-state index in [9.17, 15) is 10.1 Å². The molecule has 2 aromatic carbocycles. The number of nitro benzene ring substituents is 1. The normalized spacial score (nSPS) is 10.2. The molecule has 19 heavy (non-hydrogen) atoms. The van der Waals surface area contributed by atoms with Gasteiger partial charge < -0.3 is 5.32 Å². The highest BCUT2D eigenvalue weighted by Crippen LogP contribution is 2.24. The van der Waals surface area contributed by atoms with E-state index in [1.165, 1.54) is 11.6 Å². The predicted octanol–water partition coefficient (Wildman–Crippen LogP) is 4.28. The molecule has 1 N–H and O–H groups in total. The Morgan fingerprint density at radius 1 is 1.21 bits per heavy atom. The number of nitro groups is 1. The zero-order valence-electron chi connectivity index (χ0n) is 10.4. The monoisotopic (exact) mass is 320 g/mol. The smallest absolute Gasteiger partial charge is 0.275 e. The first kappa shape index (κ1) is 13.5. The Labute approximate surface area is 119 Å². The second-order valence-electron chi connectivity index (χ2n) is 4.25. The number of anilines is 1. The molecule has 0 amide bonds. The third-order valence-electron chi connectivity index (χ3n) is 2.78. The Bertz CT molecular complexity index is 597. The fourth-order valence-corrected chi connectivity index (χ4v) is 2.07. The van der Waals surface area contributed by atoms with E-state index in [4.69, 9.17) is 0 Å². The molecule has 0 fully saturated rings. The van der Waals surface area contributed by atoms with Crippen molar-refractivity contribution in [3.63, 3.8) is 0 Å². The van der Waals surface area contributed by atoms with Gasteiger partial charge in [-0.15, -0.1) is 0 Å². The van der Waals surface area contributed by atoms with Gasteiger partial charge in [0.15, 0.2) is 0 Å². The largest absolute Gasteiger partial charge is 0.381 e. The van der Waals surface area contributed by atoms with Crippen LogP contribution in [0.25, 0.3) is 0 Å². The van der Waals surface area contributed by atoms with Crippen molar-refractivity contribution in [2.24, 2.45) is 0 Å². The lowest BCUT2D eigenvalue weighted by Crippen LogP contribution is -2.03. The average Bonchev–Trinajstić information content (AvgIpc) is 2.39. The van der Waals surface area contributed by atoms with Crippen molar-refractivity contribution in [2.45, 2.75) is 13.5 Å². The second-order valence-corrected chi connectivity index (χ2v) is 5.17. The maximum absolute atomic E-state index is 11.0. The molecule has 0 spiro atoms. The standard InChI is InChI=1S/C14H13BrN2O2/c1-10-2-6-13(7-3-10)16-9-11-4-5-12(15)8-14(11)17(18)19/h2-8,16H,9H2,1H3. The van der Waals surface area contributed by atoms with E-state index in [1.807, 2.05) is 31.2 Å². The maximum Gasteiger partial charge on any atom is 0.275 e. The lowest BCUT2D eigenvalue weighted by Gasteiger charge is -2.07. The van der Waals surface area contributed by atoms with Gasteiger partial charge in [-0.3, -0.25) is 10.1 Å². The van der Waals surface area contributed by atoms with Crippen molar-refractivity contribution < 1.29 is 4.92 Å². The summed E-state index contributed by atoms with van der Waals surface area (Å²) in [5.41, 5.74) is 2.91. The van der Waals surface area contributed by atoms with E-state index in [-0.39, 0.29) is 10.6 Å². The highest BCUT2D eigenvalue weighted by atomic mass is 79.9. The number of aryl methyl sites for hydroxylation is 1. The highest BCUT2D eigenvalue weighted by molar-refractivity contribution is 9.10. The minimum Gasteiger partial charge on any atom is -0.381 e. The van der Waals surface area contributed by atoms with Gasteiger partial charge in [-0.25, -0.2) is 0 Å². The second kappa shape index (κ2) is 5.84. The highest BCUT2D eigenvalue weighted by Gasteiger charge is 2.13. The number of halogens is 1. The first-order chi connectivity index (χ1) is 9.06. The first-order valence-corrected chi connectivity index (χ1v) is 6.59. The van der Waals surface area contributed by atoms with Gasteiger partial charge in [0.1, 0.15) is 0 Å². The molecule has 0 aliphatic rings. The van der Waals surface area contributed by atoms with Crippen LogP contribution in [0, 0.1) is 17.0 Å². The molecule has 0 aliphatic carbocycles. The van der Waals surface area contributed by atoms with Crippen LogP contribution in [-0.2, 0) is 6.54 Å². The Morgan fingerprint density at radius 2 is 1.89 bits per heavy atom. The summed E-state index contributed by atoms with van der Waals surface area (Å²) in [5.74, 6) is 0. The Balaban J connectivity index is 2.15. The number of hydrogen-bond donors (Lipinski definition) is 1. The topological polar surface area (TPSA) is 55.2 Å². The molecule has 0 saturated carbocycles. The molecule has 0 heterocycles. The average molecular weight is 321 g/mol. The Hall–Kier alpha value is -1.88. The summed E-state index contributed by atoms with van der Waals surface area (Å²) in [6.07, 6.45) is 0. The van der Waals surface area contributed by atoms with Crippen molar-refractivity contribution >= 4 is 27.3 Å². The maximum atomic E-state index is 11.0.